The van der Waals surface area contributed by atoms with Crippen molar-refractivity contribution >= 4 is 11.8 Å². The van der Waals surface area contributed by atoms with Gasteiger partial charge < -0.3 is 4.90 Å². The van der Waals surface area contributed by atoms with E-state index in [0.29, 0.717) is 18.0 Å². The van der Waals surface area contributed by atoms with Crippen molar-refractivity contribution in [1.29, 1.82) is 0 Å². The van der Waals surface area contributed by atoms with Crippen molar-refractivity contribution in [3.8, 4) is 0 Å². The van der Waals surface area contributed by atoms with Crippen LogP contribution in [0.1, 0.15) is 53.9 Å². The Balaban J connectivity index is 1.27. The minimum Gasteiger partial charge on any atom is -0.377 e. The molecule has 0 saturated carbocycles. The Morgan fingerprint density at radius 1 is 1.17 bits per heavy atom. The highest BCUT2D eigenvalue weighted by Gasteiger charge is 2.27. The first-order chi connectivity index (χ1) is 14.6. The molecule has 1 saturated heterocycles. The van der Waals surface area contributed by atoms with Crippen LogP contribution >= 0.6 is 0 Å². The van der Waals surface area contributed by atoms with E-state index in [9.17, 15) is 9.18 Å². The van der Waals surface area contributed by atoms with Crippen molar-refractivity contribution in [1.82, 2.24) is 14.5 Å². The van der Waals surface area contributed by atoms with Crippen LogP contribution in [0, 0.1) is 18.7 Å². The van der Waals surface area contributed by atoms with E-state index in [0.717, 1.165) is 80.1 Å². The molecule has 3 aliphatic heterocycles. The summed E-state index contributed by atoms with van der Waals surface area (Å²) in [5.74, 6) is 1.16. The molecule has 0 N–H and O–H groups in total. The van der Waals surface area contributed by atoms with Crippen molar-refractivity contribution in [3.63, 3.8) is 0 Å². The minimum atomic E-state index is -0.187. The highest BCUT2D eigenvalue weighted by Crippen LogP contribution is 2.29. The molecule has 5 nitrogen and oxygen atoms in total. The number of likely N-dealkylation sites (tertiary alicyclic amines) is 1. The zero-order valence-corrected chi connectivity index (χ0v) is 17.4. The van der Waals surface area contributed by atoms with Crippen molar-refractivity contribution in [2.45, 2.75) is 52.1 Å². The maximum Gasteiger partial charge on any atom is 0.261 e. The maximum atomic E-state index is 13.5. The van der Waals surface area contributed by atoms with Gasteiger partial charge in [-0.3, -0.25) is 14.4 Å². The zero-order valence-electron chi connectivity index (χ0n) is 17.4. The lowest BCUT2D eigenvalue weighted by molar-refractivity contribution is 0.282. The van der Waals surface area contributed by atoms with Gasteiger partial charge in [0.05, 0.1) is 17.8 Å². The monoisotopic (exact) mass is 406 g/mol. The molecule has 3 aliphatic rings. The van der Waals surface area contributed by atoms with Crippen molar-refractivity contribution in [2.75, 3.05) is 13.1 Å². The van der Waals surface area contributed by atoms with Crippen LogP contribution in [-0.2, 0) is 19.5 Å². The number of hydrogen-bond acceptors (Lipinski definition) is 4. The lowest BCUT2D eigenvalue weighted by Gasteiger charge is -2.31. The summed E-state index contributed by atoms with van der Waals surface area (Å²) < 4.78 is 15.3. The first-order valence-electron chi connectivity index (χ1n) is 11.0. The summed E-state index contributed by atoms with van der Waals surface area (Å²) in [4.78, 5) is 24.6. The Hall–Kier alpha value is -2.76. The average molecular weight is 407 g/mol. The quantitative estimate of drug-likeness (QED) is 0.781. The van der Waals surface area contributed by atoms with Crippen LogP contribution in [0.2, 0.25) is 0 Å². The Morgan fingerprint density at radius 3 is 2.83 bits per heavy atom. The molecule has 0 aliphatic carbocycles. The third kappa shape index (κ3) is 3.48. The highest BCUT2D eigenvalue weighted by atomic mass is 19.1. The van der Waals surface area contributed by atoms with Crippen LogP contribution in [0.4, 0.5) is 4.39 Å². The van der Waals surface area contributed by atoms with Gasteiger partial charge in [0, 0.05) is 43.2 Å². The number of aryl methyl sites for hydroxylation is 2. The molecule has 1 aromatic carbocycles. The fourth-order valence-electron chi connectivity index (χ4n) is 4.95. The van der Waals surface area contributed by atoms with E-state index in [1.807, 2.05) is 23.6 Å². The molecule has 1 fully saturated rings. The minimum absolute atomic E-state index is 0.0903. The molecule has 6 heteroatoms. The molecule has 1 aromatic heterocycles. The number of fused-ring (bicyclic) bond motifs is 2. The SMILES string of the molecule is Cc1nc2n(c(=O)c1/C=C/N1CCC(C3=NCc4cc(F)ccc43)CC1)CCCC2. The normalized spacial score (nSPS) is 19.1. The van der Waals surface area contributed by atoms with Crippen LogP contribution in [0.25, 0.3) is 6.08 Å². The van der Waals surface area contributed by atoms with Gasteiger partial charge in [-0.2, -0.15) is 0 Å². The van der Waals surface area contributed by atoms with Crippen molar-refractivity contribution < 1.29 is 4.39 Å². The molecule has 5 rings (SSSR count). The molecule has 156 valence electrons. The molecule has 4 heterocycles. The fourth-order valence-corrected chi connectivity index (χ4v) is 4.95. The Labute approximate surface area is 176 Å². The summed E-state index contributed by atoms with van der Waals surface area (Å²) in [6.45, 7) is 5.16. The van der Waals surface area contributed by atoms with Gasteiger partial charge >= 0.3 is 0 Å². The van der Waals surface area contributed by atoms with Gasteiger partial charge in [-0.05, 0) is 68.6 Å². The van der Waals surface area contributed by atoms with Gasteiger partial charge in [0.25, 0.3) is 5.56 Å². The summed E-state index contributed by atoms with van der Waals surface area (Å²) in [7, 11) is 0. The molecule has 0 unspecified atom stereocenters. The average Bonchev–Trinajstić information content (AvgIpc) is 3.17. The molecule has 0 radical (unpaired) electrons. The predicted octanol–water partition coefficient (Wildman–Crippen LogP) is 3.71. The third-order valence-electron chi connectivity index (χ3n) is 6.64. The molecular weight excluding hydrogens is 379 g/mol. The smallest absolute Gasteiger partial charge is 0.261 e. The summed E-state index contributed by atoms with van der Waals surface area (Å²) in [5.41, 5.74) is 4.88. The first kappa shape index (κ1) is 19.2. The van der Waals surface area contributed by atoms with E-state index < -0.39 is 0 Å². The van der Waals surface area contributed by atoms with Crippen molar-refractivity contribution in [3.05, 3.63) is 68.8 Å². The number of nitrogens with zero attached hydrogens (tertiary/aromatic N) is 4. The Morgan fingerprint density at radius 2 is 2.00 bits per heavy atom. The second-order valence-electron chi connectivity index (χ2n) is 8.57. The van der Waals surface area contributed by atoms with E-state index in [1.165, 1.54) is 6.07 Å². The van der Waals surface area contributed by atoms with Crippen molar-refractivity contribution in [2.24, 2.45) is 10.9 Å². The van der Waals surface area contributed by atoms with E-state index in [1.54, 1.807) is 6.07 Å². The van der Waals surface area contributed by atoms with E-state index >= 15 is 0 Å². The number of benzene rings is 1. The van der Waals surface area contributed by atoms with Gasteiger partial charge in [-0.1, -0.05) is 0 Å². The van der Waals surface area contributed by atoms with E-state index in [4.69, 9.17) is 4.99 Å². The number of hydrogen-bond donors (Lipinski definition) is 0. The van der Waals surface area contributed by atoms with Gasteiger partial charge in [0.2, 0.25) is 0 Å². The van der Waals surface area contributed by atoms with E-state index in [2.05, 4.69) is 16.1 Å². The summed E-state index contributed by atoms with van der Waals surface area (Å²) in [5, 5.41) is 0. The zero-order chi connectivity index (χ0) is 20.7. The molecule has 0 bridgehead atoms. The lowest BCUT2D eigenvalue weighted by Crippen LogP contribution is -2.33. The summed E-state index contributed by atoms with van der Waals surface area (Å²) in [6, 6.07) is 5.02. The largest absolute Gasteiger partial charge is 0.377 e. The van der Waals surface area contributed by atoms with Gasteiger partial charge in [0.1, 0.15) is 11.6 Å². The maximum absolute atomic E-state index is 13.5. The Bertz CT molecular complexity index is 1090. The van der Waals surface area contributed by atoms with Gasteiger partial charge in [-0.15, -0.1) is 0 Å². The summed E-state index contributed by atoms with van der Waals surface area (Å²) >= 11 is 0. The number of aliphatic imine (C=N–C) groups is 1. The highest BCUT2D eigenvalue weighted by molar-refractivity contribution is 6.05. The molecule has 0 spiro atoms. The van der Waals surface area contributed by atoms with Crippen LogP contribution in [-0.4, -0.2) is 33.3 Å². The van der Waals surface area contributed by atoms with Gasteiger partial charge in [0.15, 0.2) is 0 Å². The number of rotatable bonds is 3. The van der Waals surface area contributed by atoms with Crippen LogP contribution in [0.5, 0.6) is 0 Å². The molecule has 0 amide bonds. The fraction of sp³-hybridized carbons (Fsp3) is 0.458. The molecule has 2 aromatic rings. The second kappa shape index (κ2) is 7.82. The first-order valence-corrected chi connectivity index (χ1v) is 11.0. The molecule has 30 heavy (non-hydrogen) atoms. The topological polar surface area (TPSA) is 50.5 Å². The van der Waals surface area contributed by atoms with Crippen LogP contribution in [0.15, 0.2) is 34.2 Å². The third-order valence-corrected chi connectivity index (χ3v) is 6.64. The molecule has 0 atom stereocenters. The van der Waals surface area contributed by atoms with E-state index in [-0.39, 0.29) is 11.4 Å². The van der Waals surface area contributed by atoms with Gasteiger partial charge in [-0.25, -0.2) is 9.37 Å². The van der Waals surface area contributed by atoms with Crippen LogP contribution < -0.4 is 5.56 Å². The van der Waals surface area contributed by atoms with Crippen LogP contribution in [0.3, 0.4) is 0 Å². The number of piperidine rings is 1. The number of halogens is 1. The second-order valence-corrected chi connectivity index (χ2v) is 8.57. The number of aromatic nitrogens is 2. The molecular formula is C24H27FN4O. The summed E-state index contributed by atoms with van der Waals surface area (Å²) in [6.07, 6.45) is 9.08. The Kier molecular flexibility index (Phi) is 5.01. The lowest BCUT2D eigenvalue weighted by atomic mass is 9.88. The standard InChI is InChI=1S/C24H27FN4O/c1-16-20(24(30)29-10-3-2-4-22(29)27-16)9-13-28-11-7-17(8-12-28)23-21-6-5-19(25)14-18(21)15-26-23/h5-6,9,13-14,17H,2-4,7-8,10-12,15H2,1H3/b13-9+. The predicted molar refractivity (Wildman–Crippen MR) is 116 cm³/mol.